The number of rotatable bonds is 8. The van der Waals surface area contributed by atoms with Crippen LogP contribution in [-0.4, -0.2) is 50.5 Å². The van der Waals surface area contributed by atoms with Gasteiger partial charge in [-0.3, -0.25) is 9.59 Å². The van der Waals surface area contributed by atoms with Gasteiger partial charge in [-0.25, -0.2) is 4.98 Å². The van der Waals surface area contributed by atoms with Crippen LogP contribution in [0.5, 0.6) is 5.75 Å². The van der Waals surface area contributed by atoms with Crippen LogP contribution in [0.1, 0.15) is 104 Å². The SMILES string of the molecule is COc1ccc(CO[C@H]2CC(=O)O[C@H](/C(C)=C/c3csc(C)n3)C/C=C\CCC[C@H](C)[C@@H](O[Si](C)(C)C(C)(C)C)[C@H](C)C(=O)C2(C)C)cc1. The summed E-state index contributed by atoms with van der Waals surface area (Å²) in [6.07, 6.45) is 8.18. The van der Waals surface area contributed by atoms with E-state index in [1.165, 1.54) is 0 Å². The average Bonchev–Trinajstić information content (AvgIpc) is 3.45. The molecular weight excluding hydrogens is 651 g/mol. The van der Waals surface area contributed by atoms with Crippen molar-refractivity contribution in [1.82, 2.24) is 4.98 Å². The molecule has 0 N–H and O–H groups in total. The standard InChI is InChI=1S/C40H61NO6SSi/c1-27-17-15-13-14-16-18-34(28(2)23-32-26-48-30(4)41-32)46-36(42)24-35(45-25-31-19-21-33(44-10)22-20-31)40(8,9)38(43)29(3)37(27)47-49(11,12)39(5,6)7/h14,16,19-23,26-27,29,34-35,37H,13,15,17-18,24-25H2,1-12H3/b16-14-,28-23+/t27-,29-,34-,35-,37+/m0/s1. The number of cyclic esters (lactones) is 1. The van der Waals surface area contributed by atoms with Gasteiger partial charge in [-0.1, -0.05) is 72.8 Å². The van der Waals surface area contributed by atoms with Gasteiger partial charge in [0.2, 0.25) is 0 Å². The maximum atomic E-state index is 14.7. The zero-order valence-electron chi connectivity index (χ0n) is 32.1. The summed E-state index contributed by atoms with van der Waals surface area (Å²) in [5.41, 5.74) is 1.70. The molecule has 3 rings (SSSR count). The Kier molecular flexibility index (Phi) is 14.6. The average molecular weight is 712 g/mol. The first kappa shape index (κ1) is 40.8. The van der Waals surface area contributed by atoms with Gasteiger partial charge in [0.15, 0.2) is 8.32 Å². The highest BCUT2D eigenvalue weighted by Gasteiger charge is 2.47. The topological polar surface area (TPSA) is 84.0 Å². The molecule has 0 spiro atoms. The minimum Gasteiger partial charge on any atom is -0.497 e. The summed E-state index contributed by atoms with van der Waals surface area (Å²) in [6.45, 7) is 23.4. The van der Waals surface area contributed by atoms with E-state index >= 15 is 0 Å². The van der Waals surface area contributed by atoms with Crippen molar-refractivity contribution in [3.63, 3.8) is 0 Å². The fourth-order valence-electron chi connectivity index (χ4n) is 6.08. The molecule has 272 valence electrons. The highest BCUT2D eigenvalue weighted by Crippen LogP contribution is 2.42. The molecule has 2 heterocycles. The number of ketones is 1. The van der Waals surface area contributed by atoms with Gasteiger partial charge >= 0.3 is 5.97 Å². The molecule has 0 bridgehead atoms. The Hall–Kier alpha value is -2.59. The van der Waals surface area contributed by atoms with Crippen LogP contribution in [-0.2, 0) is 30.1 Å². The first-order valence-corrected chi connectivity index (χ1v) is 21.6. The van der Waals surface area contributed by atoms with E-state index in [0.29, 0.717) is 6.42 Å². The monoisotopic (exact) mass is 711 g/mol. The summed E-state index contributed by atoms with van der Waals surface area (Å²) < 4.78 is 25.1. The summed E-state index contributed by atoms with van der Waals surface area (Å²) in [7, 11) is -0.576. The minimum atomic E-state index is -2.21. The van der Waals surface area contributed by atoms with Crippen molar-refractivity contribution < 1.29 is 28.2 Å². The number of Topliss-reactive ketones (excluding diaryl/α,β-unsaturated/α-hetero) is 1. The number of allylic oxidation sites excluding steroid dienone is 1. The minimum absolute atomic E-state index is 0.00179. The van der Waals surface area contributed by atoms with Gasteiger partial charge in [-0.2, -0.15) is 0 Å². The molecule has 0 saturated carbocycles. The molecule has 9 heteroatoms. The lowest BCUT2D eigenvalue weighted by molar-refractivity contribution is -0.158. The van der Waals surface area contributed by atoms with Crippen molar-refractivity contribution >= 4 is 37.5 Å². The molecule has 1 aromatic carbocycles. The number of esters is 1. The van der Waals surface area contributed by atoms with Gasteiger partial charge in [0.05, 0.1) is 48.5 Å². The number of nitrogens with zero attached hydrogens (tertiary/aromatic N) is 1. The van der Waals surface area contributed by atoms with Crippen molar-refractivity contribution in [3.8, 4) is 5.75 Å². The van der Waals surface area contributed by atoms with Crippen molar-refractivity contribution in [3.05, 3.63) is 63.6 Å². The molecule has 0 amide bonds. The third kappa shape index (κ3) is 11.5. The lowest BCUT2D eigenvalue weighted by atomic mass is 9.73. The third-order valence-corrected chi connectivity index (χ3v) is 15.7. The van der Waals surface area contributed by atoms with E-state index in [-0.39, 0.29) is 35.9 Å². The second kappa shape index (κ2) is 17.6. The molecule has 1 aromatic heterocycles. The summed E-state index contributed by atoms with van der Waals surface area (Å²) in [4.78, 5) is 33.1. The fraction of sp³-hybridized carbons (Fsp3) is 0.625. The zero-order chi connectivity index (χ0) is 36.6. The zero-order valence-corrected chi connectivity index (χ0v) is 33.9. The van der Waals surface area contributed by atoms with Crippen LogP contribution in [0.3, 0.4) is 0 Å². The Morgan fingerprint density at radius 3 is 2.39 bits per heavy atom. The van der Waals surface area contributed by atoms with Crippen LogP contribution in [0, 0.1) is 24.2 Å². The number of aromatic nitrogens is 1. The quantitative estimate of drug-likeness (QED) is 0.153. The van der Waals surface area contributed by atoms with Crippen LogP contribution in [0.15, 0.2) is 47.4 Å². The molecule has 0 radical (unpaired) electrons. The summed E-state index contributed by atoms with van der Waals surface area (Å²) in [6, 6.07) is 7.63. The van der Waals surface area contributed by atoms with Gasteiger partial charge in [-0.05, 0) is 86.5 Å². The van der Waals surface area contributed by atoms with Crippen molar-refractivity contribution in [1.29, 1.82) is 0 Å². The molecule has 49 heavy (non-hydrogen) atoms. The van der Waals surface area contributed by atoms with E-state index in [1.807, 2.05) is 70.3 Å². The summed E-state index contributed by atoms with van der Waals surface area (Å²) in [5.74, 6) is 0.163. The Morgan fingerprint density at radius 2 is 1.80 bits per heavy atom. The Bertz CT molecular complexity index is 1440. The molecule has 0 aliphatic carbocycles. The summed E-state index contributed by atoms with van der Waals surface area (Å²) in [5, 5.41) is 2.99. The molecule has 1 aliphatic rings. The number of hydrogen-bond donors (Lipinski definition) is 0. The molecule has 1 aliphatic heterocycles. The number of methoxy groups -OCH3 is 1. The Morgan fingerprint density at radius 1 is 1.12 bits per heavy atom. The normalized spacial score (nSPS) is 25.9. The second-order valence-electron chi connectivity index (χ2n) is 15.8. The molecular formula is C40H61NO6SSi. The number of ether oxygens (including phenoxy) is 3. The van der Waals surface area contributed by atoms with Crippen LogP contribution in [0.25, 0.3) is 6.08 Å². The number of hydrogen-bond acceptors (Lipinski definition) is 8. The molecule has 5 atom stereocenters. The third-order valence-electron chi connectivity index (χ3n) is 10.4. The number of carbonyl (C=O) groups excluding carboxylic acids is 2. The van der Waals surface area contributed by atoms with Crippen LogP contribution in [0.4, 0.5) is 0 Å². The van der Waals surface area contributed by atoms with Crippen molar-refractivity contribution in [2.24, 2.45) is 17.3 Å². The van der Waals surface area contributed by atoms with Crippen LogP contribution >= 0.6 is 11.3 Å². The Labute approximate surface area is 301 Å². The van der Waals surface area contributed by atoms with E-state index in [0.717, 1.165) is 46.9 Å². The largest absolute Gasteiger partial charge is 0.497 e. The number of aryl methyl sites for hydroxylation is 1. The van der Waals surface area contributed by atoms with Crippen LogP contribution in [0.2, 0.25) is 18.1 Å². The predicted octanol–water partition coefficient (Wildman–Crippen LogP) is 10.1. The fourth-order valence-corrected chi connectivity index (χ4v) is 8.12. The summed E-state index contributed by atoms with van der Waals surface area (Å²) >= 11 is 1.59. The second-order valence-corrected chi connectivity index (χ2v) is 21.7. The van der Waals surface area contributed by atoms with Gasteiger partial charge in [0.25, 0.3) is 0 Å². The smallest absolute Gasteiger partial charge is 0.309 e. The van der Waals surface area contributed by atoms with E-state index < -0.39 is 37.8 Å². The first-order chi connectivity index (χ1) is 22.9. The number of benzene rings is 1. The lowest BCUT2D eigenvalue weighted by Gasteiger charge is -2.44. The molecule has 0 saturated heterocycles. The first-order valence-electron chi connectivity index (χ1n) is 17.8. The number of thiazole rings is 1. The van der Waals surface area contributed by atoms with Crippen LogP contribution < -0.4 is 4.74 Å². The predicted molar refractivity (Wildman–Crippen MR) is 203 cm³/mol. The van der Waals surface area contributed by atoms with Gasteiger partial charge < -0.3 is 18.6 Å². The van der Waals surface area contributed by atoms with E-state index in [2.05, 4.69) is 57.9 Å². The molecule has 0 unspecified atom stereocenters. The van der Waals surface area contributed by atoms with E-state index in [4.69, 9.17) is 18.6 Å². The maximum Gasteiger partial charge on any atom is 0.309 e. The van der Waals surface area contributed by atoms with Crippen molar-refractivity contribution in [2.75, 3.05) is 7.11 Å². The van der Waals surface area contributed by atoms with E-state index in [9.17, 15) is 9.59 Å². The van der Waals surface area contributed by atoms with Gasteiger partial charge in [0, 0.05) is 17.7 Å². The van der Waals surface area contributed by atoms with Gasteiger partial charge in [0.1, 0.15) is 17.6 Å². The highest BCUT2D eigenvalue weighted by molar-refractivity contribution is 7.09. The van der Waals surface area contributed by atoms with E-state index in [1.54, 1.807) is 18.4 Å². The molecule has 2 aromatic rings. The molecule has 7 nitrogen and oxygen atoms in total. The van der Waals surface area contributed by atoms with Gasteiger partial charge in [-0.15, -0.1) is 11.3 Å². The Balaban J connectivity index is 2.01. The molecule has 0 fully saturated rings. The lowest BCUT2D eigenvalue weighted by Crippen LogP contribution is -2.52. The maximum absolute atomic E-state index is 14.7. The highest BCUT2D eigenvalue weighted by atomic mass is 32.1. The number of carbonyl (C=O) groups is 2. The van der Waals surface area contributed by atoms with Crippen molar-refractivity contribution in [2.45, 2.75) is 137 Å².